The third kappa shape index (κ3) is 5.30. The van der Waals surface area contributed by atoms with Crippen molar-refractivity contribution in [1.82, 2.24) is 34.9 Å². The largest absolute Gasteiger partial charge is 0.337 e. The van der Waals surface area contributed by atoms with Gasteiger partial charge in [0.15, 0.2) is 0 Å². The summed E-state index contributed by atoms with van der Waals surface area (Å²) >= 11 is 0. The smallest absolute Gasteiger partial charge is 0.237 e. The van der Waals surface area contributed by atoms with Gasteiger partial charge in [0.05, 0.1) is 18.0 Å². The lowest BCUT2D eigenvalue weighted by Gasteiger charge is -2.40. The standard InChI is InChI=1S/C28H31N9O2/c1-19-16-36(28-30-8-2-9-31-28)13-14-37(19)25(38)18-35-12-7-21(17-35)27(39)32-22-3-4-24-23(15-22)26(34-33-24)20-5-10-29-11-6-20/h2-6,8-11,15,19,21H,7,12-14,16-18H2,1H3,(H,32,39)(H,33,34)/t19-,21-/m1/s1. The van der Waals surface area contributed by atoms with Crippen LogP contribution in [0.25, 0.3) is 22.2 Å². The van der Waals surface area contributed by atoms with Crippen molar-refractivity contribution in [2.45, 2.75) is 19.4 Å². The SMILES string of the molecule is C[C@@H]1CN(c2ncccn2)CCN1C(=O)CN1CC[C@@H](C(=O)Nc2ccc3[nH]nc(-c4ccncc4)c3c2)C1. The number of carbonyl (C=O) groups excluding carboxylic acids is 2. The first kappa shape index (κ1) is 24.9. The fourth-order valence-electron chi connectivity index (χ4n) is 5.50. The first-order chi connectivity index (χ1) is 19.0. The Hall–Kier alpha value is -4.38. The number of nitrogens with one attached hydrogen (secondary N) is 2. The number of anilines is 2. The summed E-state index contributed by atoms with van der Waals surface area (Å²) in [6.07, 6.45) is 7.67. The number of aromatic nitrogens is 5. The molecule has 0 bridgehead atoms. The molecule has 0 radical (unpaired) electrons. The number of rotatable bonds is 6. The number of H-pyrrole nitrogens is 1. The van der Waals surface area contributed by atoms with Crippen LogP contribution >= 0.6 is 0 Å². The van der Waals surface area contributed by atoms with E-state index in [4.69, 9.17) is 0 Å². The first-order valence-corrected chi connectivity index (χ1v) is 13.3. The van der Waals surface area contributed by atoms with E-state index in [0.29, 0.717) is 38.7 Å². The number of piperazine rings is 1. The van der Waals surface area contributed by atoms with E-state index in [0.717, 1.165) is 40.8 Å². The van der Waals surface area contributed by atoms with Crippen LogP contribution in [0.4, 0.5) is 11.6 Å². The molecule has 2 saturated heterocycles. The summed E-state index contributed by atoms with van der Waals surface area (Å²) in [7, 11) is 0. The molecular formula is C28H31N9O2. The van der Waals surface area contributed by atoms with Gasteiger partial charge in [-0.05, 0) is 56.3 Å². The lowest BCUT2D eigenvalue weighted by atomic mass is 10.1. The maximum absolute atomic E-state index is 13.1. The minimum Gasteiger partial charge on any atom is -0.337 e. The van der Waals surface area contributed by atoms with Gasteiger partial charge in [-0.2, -0.15) is 5.10 Å². The predicted molar refractivity (Wildman–Crippen MR) is 148 cm³/mol. The summed E-state index contributed by atoms with van der Waals surface area (Å²) in [5.74, 6) is 0.613. The number of amides is 2. The molecule has 200 valence electrons. The fraction of sp³-hybridized carbons (Fsp3) is 0.357. The lowest BCUT2D eigenvalue weighted by Crippen LogP contribution is -2.56. The topological polar surface area (TPSA) is 123 Å². The Kier molecular flexibility index (Phi) is 6.89. The van der Waals surface area contributed by atoms with Crippen LogP contribution in [0.3, 0.4) is 0 Å². The first-order valence-electron chi connectivity index (χ1n) is 13.3. The van der Waals surface area contributed by atoms with Crippen molar-refractivity contribution in [1.29, 1.82) is 0 Å². The van der Waals surface area contributed by atoms with E-state index in [1.807, 2.05) is 35.2 Å². The maximum atomic E-state index is 13.1. The summed E-state index contributed by atoms with van der Waals surface area (Å²) < 4.78 is 0. The quantitative estimate of drug-likeness (QED) is 0.394. The molecule has 3 aromatic heterocycles. The Morgan fingerprint density at radius 2 is 1.85 bits per heavy atom. The van der Waals surface area contributed by atoms with Crippen LogP contribution in [0.15, 0.2) is 61.2 Å². The van der Waals surface area contributed by atoms with Gasteiger partial charge in [-0.25, -0.2) is 9.97 Å². The Labute approximate surface area is 226 Å². The van der Waals surface area contributed by atoms with E-state index in [-0.39, 0.29) is 23.8 Å². The second-order valence-corrected chi connectivity index (χ2v) is 10.2. The maximum Gasteiger partial charge on any atom is 0.237 e. The second-order valence-electron chi connectivity index (χ2n) is 10.2. The van der Waals surface area contributed by atoms with Crippen LogP contribution in [-0.2, 0) is 9.59 Å². The minimum atomic E-state index is -0.165. The Morgan fingerprint density at radius 3 is 2.64 bits per heavy atom. The van der Waals surface area contributed by atoms with Crippen molar-refractivity contribution in [2.24, 2.45) is 5.92 Å². The molecular weight excluding hydrogens is 494 g/mol. The van der Waals surface area contributed by atoms with E-state index >= 15 is 0 Å². The van der Waals surface area contributed by atoms with Gasteiger partial charge in [-0.15, -0.1) is 0 Å². The zero-order valence-electron chi connectivity index (χ0n) is 21.8. The molecule has 2 aliphatic heterocycles. The molecule has 4 aromatic rings. The monoisotopic (exact) mass is 525 g/mol. The van der Waals surface area contributed by atoms with Gasteiger partial charge < -0.3 is 15.1 Å². The highest BCUT2D eigenvalue weighted by Crippen LogP contribution is 2.29. The van der Waals surface area contributed by atoms with Gasteiger partial charge in [0.25, 0.3) is 0 Å². The lowest BCUT2D eigenvalue weighted by molar-refractivity contribution is -0.134. The van der Waals surface area contributed by atoms with Crippen molar-refractivity contribution in [3.63, 3.8) is 0 Å². The number of carbonyl (C=O) groups is 2. The minimum absolute atomic E-state index is 0.0249. The van der Waals surface area contributed by atoms with Crippen LogP contribution in [0, 0.1) is 5.92 Å². The molecule has 1 aromatic carbocycles. The van der Waals surface area contributed by atoms with E-state index in [1.54, 1.807) is 30.9 Å². The number of likely N-dealkylation sites (tertiary alicyclic amines) is 1. The molecule has 39 heavy (non-hydrogen) atoms. The molecule has 2 aliphatic rings. The molecule has 2 fully saturated rings. The van der Waals surface area contributed by atoms with Crippen molar-refractivity contribution in [3.05, 3.63) is 61.2 Å². The zero-order valence-corrected chi connectivity index (χ0v) is 21.8. The number of benzene rings is 1. The molecule has 2 N–H and O–H groups in total. The Morgan fingerprint density at radius 1 is 1.03 bits per heavy atom. The van der Waals surface area contributed by atoms with Crippen molar-refractivity contribution in [2.75, 3.05) is 49.5 Å². The van der Waals surface area contributed by atoms with Crippen LogP contribution < -0.4 is 10.2 Å². The Bertz CT molecular complexity index is 1460. The number of fused-ring (bicyclic) bond motifs is 1. The summed E-state index contributed by atoms with van der Waals surface area (Å²) in [4.78, 5) is 45.1. The number of pyridine rings is 1. The number of nitrogens with zero attached hydrogens (tertiary/aromatic N) is 7. The highest BCUT2D eigenvalue weighted by atomic mass is 16.2. The normalized spacial score (nSPS) is 19.9. The molecule has 6 rings (SSSR count). The third-order valence-corrected chi connectivity index (χ3v) is 7.57. The van der Waals surface area contributed by atoms with E-state index < -0.39 is 0 Å². The number of hydrogen-bond acceptors (Lipinski definition) is 8. The predicted octanol–water partition coefficient (Wildman–Crippen LogP) is 2.41. The summed E-state index contributed by atoms with van der Waals surface area (Å²) in [5.41, 5.74) is 3.41. The molecule has 0 aliphatic carbocycles. The third-order valence-electron chi connectivity index (χ3n) is 7.57. The molecule has 5 heterocycles. The number of hydrogen-bond donors (Lipinski definition) is 2. The van der Waals surface area contributed by atoms with E-state index in [9.17, 15) is 9.59 Å². The summed E-state index contributed by atoms with van der Waals surface area (Å²) in [6, 6.07) is 11.4. The molecule has 0 unspecified atom stereocenters. The highest BCUT2D eigenvalue weighted by Gasteiger charge is 2.33. The van der Waals surface area contributed by atoms with E-state index in [2.05, 4.69) is 47.2 Å². The van der Waals surface area contributed by atoms with Crippen LogP contribution in [0.2, 0.25) is 0 Å². The number of aromatic amines is 1. The van der Waals surface area contributed by atoms with Gasteiger partial charge in [0.2, 0.25) is 17.8 Å². The molecule has 2 amide bonds. The highest BCUT2D eigenvalue weighted by molar-refractivity contribution is 5.99. The molecule has 11 nitrogen and oxygen atoms in total. The van der Waals surface area contributed by atoms with Gasteiger partial charge >= 0.3 is 0 Å². The van der Waals surface area contributed by atoms with Gasteiger partial charge in [-0.1, -0.05) is 0 Å². The summed E-state index contributed by atoms with van der Waals surface area (Å²) in [5, 5.41) is 11.5. The van der Waals surface area contributed by atoms with Crippen molar-refractivity contribution in [3.8, 4) is 11.3 Å². The van der Waals surface area contributed by atoms with Crippen LogP contribution in [-0.4, -0.2) is 92.1 Å². The van der Waals surface area contributed by atoms with Gasteiger partial charge in [-0.3, -0.25) is 24.6 Å². The molecule has 0 spiro atoms. The average Bonchev–Trinajstić information content (AvgIpc) is 3.61. The van der Waals surface area contributed by atoms with Gasteiger partial charge in [0, 0.05) is 73.6 Å². The van der Waals surface area contributed by atoms with Crippen LogP contribution in [0.5, 0.6) is 0 Å². The van der Waals surface area contributed by atoms with Crippen molar-refractivity contribution >= 4 is 34.4 Å². The van der Waals surface area contributed by atoms with Crippen LogP contribution in [0.1, 0.15) is 13.3 Å². The average molecular weight is 526 g/mol. The molecule has 11 heteroatoms. The second kappa shape index (κ2) is 10.8. The molecule has 0 saturated carbocycles. The van der Waals surface area contributed by atoms with E-state index in [1.165, 1.54) is 0 Å². The Balaban J connectivity index is 1.04. The fourth-order valence-corrected chi connectivity index (χ4v) is 5.50. The van der Waals surface area contributed by atoms with Gasteiger partial charge in [0.1, 0.15) is 5.69 Å². The zero-order chi connectivity index (χ0) is 26.8. The summed E-state index contributed by atoms with van der Waals surface area (Å²) in [6.45, 7) is 5.72. The van der Waals surface area contributed by atoms with Crippen molar-refractivity contribution < 1.29 is 9.59 Å². The molecule has 2 atom stereocenters.